The van der Waals surface area contributed by atoms with Gasteiger partial charge in [0.25, 0.3) is 0 Å². The molecule has 0 bridgehead atoms. The van der Waals surface area contributed by atoms with E-state index in [-0.39, 0.29) is 18.2 Å². The van der Waals surface area contributed by atoms with Crippen LogP contribution in [0.4, 0.5) is 4.79 Å². The average molecular weight is 240 g/mol. The number of nitrogens with zero attached hydrogens (tertiary/aromatic N) is 1. The van der Waals surface area contributed by atoms with Crippen molar-refractivity contribution in [2.24, 2.45) is 0 Å². The molecule has 1 fully saturated rings. The van der Waals surface area contributed by atoms with Crippen molar-refractivity contribution in [2.45, 2.75) is 25.9 Å². The smallest absolute Gasteiger partial charge is 0.410 e. The molecule has 0 aromatic heterocycles. The standard InChI is InChI=1S/C12H14ClNO2/c1-8(2)14-11(7-16-12(14)15)9-4-3-5-10(13)6-9/h3-6,8,11H,7H2,1-2H3. The van der Waals surface area contributed by atoms with Crippen LogP contribution < -0.4 is 0 Å². The second-order valence-electron chi connectivity index (χ2n) is 4.15. The topological polar surface area (TPSA) is 29.5 Å². The number of halogens is 1. The van der Waals surface area contributed by atoms with E-state index < -0.39 is 0 Å². The largest absolute Gasteiger partial charge is 0.447 e. The van der Waals surface area contributed by atoms with E-state index in [0.717, 1.165) is 5.56 Å². The van der Waals surface area contributed by atoms with Gasteiger partial charge in [-0.15, -0.1) is 0 Å². The SMILES string of the molecule is CC(C)N1C(=O)OCC1c1cccc(Cl)c1. The van der Waals surface area contributed by atoms with Gasteiger partial charge in [0.05, 0.1) is 6.04 Å². The molecule has 16 heavy (non-hydrogen) atoms. The quantitative estimate of drug-likeness (QED) is 0.793. The van der Waals surface area contributed by atoms with E-state index in [1.807, 2.05) is 38.1 Å². The first kappa shape index (κ1) is 11.3. The van der Waals surface area contributed by atoms with E-state index >= 15 is 0 Å². The van der Waals surface area contributed by atoms with Crippen LogP contribution in [0.15, 0.2) is 24.3 Å². The summed E-state index contributed by atoms with van der Waals surface area (Å²) in [5, 5.41) is 0.681. The molecule has 0 saturated carbocycles. The van der Waals surface area contributed by atoms with Crippen LogP contribution in [0.2, 0.25) is 5.02 Å². The number of rotatable bonds is 2. The predicted molar refractivity (Wildman–Crippen MR) is 62.5 cm³/mol. The van der Waals surface area contributed by atoms with Crippen LogP contribution in [-0.4, -0.2) is 23.6 Å². The van der Waals surface area contributed by atoms with Crippen molar-refractivity contribution in [1.29, 1.82) is 0 Å². The minimum Gasteiger partial charge on any atom is -0.447 e. The van der Waals surface area contributed by atoms with Crippen molar-refractivity contribution >= 4 is 17.7 Å². The summed E-state index contributed by atoms with van der Waals surface area (Å²) >= 11 is 5.94. The molecule has 0 spiro atoms. The molecule has 0 N–H and O–H groups in total. The Hall–Kier alpha value is -1.22. The first-order valence-corrected chi connectivity index (χ1v) is 5.68. The molecule has 1 saturated heterocycles. The highest BCUT2D eigenvalue weighted by atomic mass is 35.5. The van der Waals surface area contributed by atoms with E-state index in [0.29, 0.717) is 11.6 Å². The molecule has 1 aromatic rings. The van der Waals surface area contributed by atoms with Gasteiger partial charge in [0, 0.05) is 11.1 Å². The minimum absolute atomic E-state index is 0.0220. The maximum absolute atomic E-state index is 11.6. The van der Waals surface area contributed by atoms with Crippen molar-refractivity contribution in [3.8, 4) is 0 Å². The minimum atomic E-state index is -0.250. The molecule has 4 heteroatoms. The van der Waals surface area contributed by atoms with Gasteiger partial charge in [-0.2, -0.15) is 0 Å². The molecule has 1 atom stereocenters. The summed E-state index contributed by atoms with van der Waals surface area (Å²) in [5.74, 6) is 0. The van der Waals surface area contributed by atoms with Crippen LogP contribution in [0.1, 0.15) is 25.5 Å². The van der Waals surface area contributed by atoms with E-state index in [1.165, 1.54) is 0 Å². The predicted octanol–water partition coefficient (Wildman–Crippen LogP) is 3.24. The van der Waals surface area contributed by atoms with E-state index in [2.05, 4.69) is 0 Å². The fourth-order valence-electron chi connectivity index (χ4n) is 1.97. The third-order valence-electron chi connectivity index (χ3n) is 2.70. The molecule has 1 aliphatic rings. The molecule has 86 valence electrons. The highest BCUT2D eigenvalue weighted by molar-refractivity contribution is 6.30. The number of hydrogen-bond donors (Lipinski definition) is 0. The fourth-order valence-corrected chi connectivity index (χ4v) is 2.17. The summed E-state index contributed by atoms with van der Waals surface area (Å²) in [6.45, 7) is 4.35. The lowest BCUT2D eigenvalue weighted by Crippen LogP contribution is -2.33. The van der Waals surface area contributed by atoms with E-state index in [9.17, 15) is 4.79 Å². The summed E-state index contributed by atoms with van der Waals surface area (Å²) in [4.78, 5) is 13.3. The fraction of sp³-hybridized carbons (Fsp3) is 0.417. The molecule has 2 rings (SSSR count). The van der Waals surface area contributed by atoms with Crippen molar-refractivity contribution in [2.75, 3.05) is 6.61 Å². The Morgan fingerprint density at radius 1 is 1.50 bits per heavy atom. The zero-order valence-corrected chi connectivity index (χ0v) is 10.1. The lowest BCUT2D eigenvalue weighted by molar-refractivity contribution is 0.149. The lowest BCUT2D eigenvalue weighted by Gasteiger charge is -2.25. The van der Waals surface area contributed by atoms with Gasteiger partial charge in [-0.05, 0) is 31.5 Å². The maximum atomic E-state index is 11.6. The Morgan fingerprint density at radius 3 is 2.88 bits per heavy atom. The third kappa shape index (κ3) is 2.00. The van der Waals surface area contributed by atoms with E-state index in [4.69, 9.17) is 16.3 Å². The van der Waals surface area contributed by atoms with Crippen molar-refractivity contribution in [3.63, 3.8) is 0 Å². The number of benzene rings is 1. The summed E-state index contributed by atoms with van der Waals surface area (Å²) in [5.41, 5.74) is 1.02. The van der Waals surface area contributed by atoms with E-state index in [1.54, 1.807) is 4.90 Å². The molecule has 1 heterocycles. The van der Waals surface area contributed by atoms with Crippen molar-refractivity contribution in [1.82, 2.24) is 4.90 Å². The van der Waals surface area contributed by atoms with Gasteiger partial charge in [-0.3, -0.25) is 4.90 Å². The normalized spacial score (nSPS) is 20.4. The van der Waals surface area contributed by atoms with Gasteiger partial charge in [0.2, 0.25) is 0 Å². The van der Waals surface area contributed by atoms with Crippen molar-refractivity contribution < 1.29 is 9.53 Å². The van der Waals surface area contributed by atoms with Gasteiger partial charge in [-0.25, -0.2) is 4.79 Å². The second kappa shape index (κ2) is 4.34. The third-order valence-corrected chi connectivity index (χ3v) is 2.94. The Kier molecular flexibility index (Phi) is 3.06. The van der Waals surface area contributed by atoms with Gasteiger partial charge in [-0.1, -0.05) is 23.7 Å². The van der Waals surface area contributed by atoms with Gasteiger partial charge in [0.1, 0.15) is 6.61 Å². The van der Waals surface area contributed by atoms with Gasteiger partial charge in [0.15, 0.2) is 0 Å². The van der Waals surface area contributed by atoms with Crippen molar-refractivity contribution in [3.05, 3.63) is 34.9 Å². The number of cyclic esters (lactones) is 1. The van der Waals surface area contributed by atoms with Crippen LogP contribution in [0.3, 0.4) is 0 Å². The van der Waals surface area contributed by atoms with Crippen LogP contribution in [0.25, 0.3) is 0 Å². The summed E-state index contributed by atoms with van der Waals surface area (Å²) in [7, 11) is 0. The molecular weight excluding hydrogens is 226 g/mol. The zero-order valence-electron chi connectivity index (χ0n) is 9.31. The number of ether oxygens (including phenoxy) is 1. The lowest BCUT2D eigenvalue weighted by atomic mass is 10.1. The average Bonchev–Trinajstić information content (AvgIpc) is 2.60. The molecule has 1 aliphatic heterocycles. The number of amides is 1. The molecule has 1 aromatic carbocycles. The monoisotopic (exact) mass is 239 g/mol. The summed E-state index contributed by atoms with van der Waals surface area (Å²) in [6.07, 6.45) is -0.250. The van der Waals surface area contributed by atoms with Crippen LogP contribution >= 0.6 is 11.6 Å². The van der Waals surface area contributed by atoms with Gasteiger partial charge < -0.3 is 4.74 Å². The van der Waals surface area contributed by atoms with Crippen LogP contribution in [0.5, 0.6) is 0 Å². The molecule has 1 unspecified atom stereocenters. The molecular formula is C12H14ClNO2. The Bertz CT molecular complexity index is 406. The van der Waals surface area contributed by atoms with Crippen LogP contribution in [-0.2, 0) is 4.74 Å². The molecule has 0 radical (unpaired) electrons. The number of hydrogen-bond acceptors (Lipinski definition) is 2. The first-order valence-electron chi connectivity index (χ1n) is 5.30. The Labute approximate surface area is 100.0 Å². The molecule has 3 nitrogen and oxygen atoms in total. The second-order valence-corrected chi connectivity index (χ2v) is 4.59. The zero-order chi connectivity index (χ0) is 11.7. The highest BCUT2D eigenvalue weighted by Gasteiger charge is 2.35. The van der Waals surface area contributed by atoms with Gasteiger partial charge >= 0.3 is 6.09 Å². The summed E-state index contributed by atoms with van der Waals surface area (Å²) < 4.78 is 5.08. The molecule has 1 amide bonds. The Morgan fingerprint density at radius 2 is 2.25 bits per heavy atom. The first-order chi connectivity index (χ1) is 7.59. The maximum Gasteiger partial charge on any atom is 0.410 e. The summed E-state index contributed by atoms with van der Waals surface area (Å²) in [6, 6.07) is 7.66. The highest BCUT2D eigenvalue weighted by Crippen LogP contribution is 2.30. The van der Waals surface area contributed by atoms with Crippen LogP contribution in [0, 0.1) is 0 Å². The molecule has 0 aliphatic carbocycles. The Balaban J connectivity index is 2.30. The number of carbonyl (C=O) groups is 1. The number of carbonyl (C=O) groups excluding carboxylic acids is 1.